The summed E-state index contributed by atoms with van der Waals surface area (Å²) in [6, 6.07) is 9.91. The predicted octanol–water partition coefficient (Wildman–Crippen LogP) is 4.39. The summed E-state index contributed by atoms with van der Waals surface area (Å²) in [6.45, 7) is 8.64. The molecule has 0 unspecified atom stereocenters. The number of carbonyl (C=O) groups is 2. The molecule has 1 aromatic carbocycles. The molecule has 2 aromatic rings. The van der Waals surface area contributed by atoms with Crippen LogP contribution in [0.5, 0.6) is 5.75 Å². The Balaban J connectivity index is 1.50. The smallest absolute Gasteiger partial charge is 0.289 e. The van der Waals surface area contributed by atoms with Crippen LogP contribution in [-0.4, -0.2) is 53.4 Å². The molecule has 4 rings (SSSR count). The Labute approximate surface area is 184 Å². The van der Waals surface area contributed by atoms with E-state index in [9.17, 15) is 9.59 Å². The number of nitrogens with zero attached hydrogens (tertiary/aromatic N) is 2. The Hall–Kier alpha value is -2.76. The van der Waals surface area contributed by atoms with Crippen molar-refractivity contribution in [2.45, 2.75) is 58.0 Å². The quantitative estimate of drug-likeness (QED) is 0.714. The predicted molar refractivity (Wildman–Crippen MR) is 118 cm³/mol. The van der Waals surface area contributed by atoms with E-state index >= 15 is 0 Å². The molecule has 1 fully saturated rings. The molecule has 3 heterocycles. The molecule has 2 aliphatic heterocycles. The Bertz CT molecular complexity index is 939. The monoisotopic (exact) mass is 424 g/mol. The molecule has 0 radical (unpaired) electrons. The molecule has 1 spiro atoms. The van der Waals surface area contributed by atoms with Gasteiger partial charge in [-0.15, -0.1) is 0 Å². The van der Waals surface area contributed by atoms with Gasteiger partial charge < -0.3 is 19.0 Å². The summed E-state index contributed by atoms with van der Waals surface area (Å²) in [5.74, 6) is 1.58. The van der Waals surface area contributed by atoms with Crippen LogP contribution in [0.4, 0.5) is 0 Å². The second-order valence-electron chi connectivity index (χ2n) is 8.72. The topological polar surface area (TPSA) is 63.0 Å². The number of rotatable bonds is 5. The first-order valence-corrected chi connectivity index (χ1v) is 11.4. The molecule has 2 amide bonds. The van der Waals surface area contributed by atoms with Crippen LogP contribution in [0.15, 0.2) is 41.0 Å². The zero-order valence-corrected chi connectivity index (χ0v) is 18.7. The van der Waals surface area contributed by atoms with Crippen LogP contribution >= 0.6 is 0 Å². The van der Waals surface area contributed by atoms with E-state index in [-0.39, 0.29) is 23.3 Å². The van der Waals surface area contributed by atoms with E-state index in [1.54, 1.807) is 6.26 Å². The summed E-state index contributed by atoms with van der Waals surface area (Å²) in [7, 11) is 0. The van der Waals surface area contributed by atoms with Gasteiger partial charge in [0.2, 0.25) is 5.91 Å². The molecule has 6 nitrogen and oxygen atoms in total. The largest absolute Gasteiger partial charge is 0.487 e. The highest BCUT2D eigenvalue weighted by atomic mass is 16.5. The normalized spacial score (nSPS) is 19.6. The van der Waals surface area contributed by atoms with E-state index in [2.05, 4.69) is 6.07 Å². The van der Waals surface area contributed by atoms with Crippen LogP contribution in [-0.2, 0) is 4.79 Å². The minimum absolute atomic E-state index is 0.0539. The van der Waals surface area contributed by atoms with E-state index in [4.69, 9.17) is 9.15 Å². The second kappa shape index (κ2) is 8.77. The number of piperidine rings is 1. The number of carbonyl (C=O) groups excluding carboxylic acids is 2. The lowest BCUT2D eigenvalue weighted by Crippen LogP contribution is -2.52. The van der Waals surface area contributed by atoms with Gasteiger partial charge in [-0.2, -0.15) is 0 Å². The second-order valence-corrected chi connectivity index (χ2v) is 8.72. The molecule has 2 aliphatic rings. The molecule has 166 valence electrons. The zero-order chi connectivity index (χ0) is 22.0. The summed E-state index contributed by atoms with van der Waals surface area (Å²) in [5, 5.41) is 0. The standard InChI is InChI=1S/C25H32N2O4/c1-4-26(5-2)22(28)16-19-17-25(31-21-9-7-6-8-20(19)21)11-13-27(14-12-25)24(29)23-18(3)10-15-30-23/h6-10,15,19H,4-5,11-14,16-17H2,1-3H3/t19-/m1/s1. The van der Waals surface area contributed by atoms with E-state index in [1.165, 1.54) is 0 Å². The number of para-hydroxylation sites is 1. The Morgan fingerprint density at radius 1 is 1.13 bits per heavy atom. The van der Waals surface area contributed by atoms with Gasteiger partial charge in [0.25, 0.3) is 5.91 Å². The molecule has 0 N–H and O–H groups in total. The number of ether oxygens (including phenoxy) is 1. The molecule has 1 saturated heterocycles. The SMILES string of the molecule is CCN(CC)C(=O)C[C@@H]1CC2(CCN(C(=O)c3occc3C)CC2)Oc2ccccc21. The first kappa shape index (κ1) is 21.5. The van der Waals surface area contributed by atoms with Crippen molar-refractivity contribution in [2.24, 2.45) is 0 Å². The Morgan fingerprint density at radius 2 is 1.84 bits per heavy atom. The van der Waals surface area contributed by atoms with Gasteiger partial charge in [-0.05, 0) is 44.9 Å². The molecule has 6 heteroatoms. The van der Waals surface area contributed by atoms with E-state index < -0.39 is 0 Å². The van der Waals surface area contributed by atoms with E-state index in [1.807, 2.05) is 54.8 Å². The number of hydrogen-bond acceptors (Lipinski definition) is 4. The molecule has 0 aliphatic carbocycles. The van der Waals surface area contributed by atoms with Crippen molar-refractivity contribution in [2.75, 3.05) is 26.2 Å². The molecule has 0 saturated carbocycles. The lowest BCUT2D eigenvalue weighted by atomic mass is 9.76. The molecule has 1 atom stereocenters. The highest BCUT2D eigenvalue weighted by Crippen LogP contribution is 2.46. The molecule has 1 aromatic heterocycles. The van der Waals surface area contributed by atoms with Gasteiger partial charge in [-0.1, -0.05) is 18.2 Å². The number of amides is 2. The summed E-state index contributed by atoms with van der Waals surface area (Å²) in [6.07, 6.45) is 4.37. The van der Waals surface area contributed by atoms with Crippen molar-refractivity contribution in [1.82, 2.24) is 9.80 Å². The molecular weight excluding hydrogens is 392 g/mol. The van der Waals surface area contributed by atoms with E-state index in [0.29, 0.717) is 25.3 Å². The zero-order valence-electron chi connectivity index (χ0n) is 18.7. The van der Waals surface area contributed by atoms with Crippen molar-refractivity contribution < 1.29 is 18.7 Å². The number of hydrogen-bond donors (Lipinski definition) is 0. The fourth-order valence-electron chi connectivity index (χ4n) is 5.00. The lowest BCUT2D eigenvalue weighted by molar-refractivity contribution is -0.131. The average Bonchev–Trinajstić information content (AvgIpc) is 3.20. The third-order valence-corrected chi connectivity index (χ3v) is 6.86. The Kier molecular flexibility index (Phi) is 6.08. The highest BCUT2D eigenvalue weighted by molar-refractivity contribution is 5.92. The summed E-state index contributed by atoms with van der Waals surface area (Å²) in [5.41, 5.74) is 1.65. The van der Waals surface area contributed by atoms with Crippen LogP contribution in [0.1, 0.15) is 67.1 Å². The highest BCUT2D eigenvalue weighted by Gasteiger charge is 2.44. The maximum Gasteiger partial charge on any atom is 0.289 e. The number of fused-ring (bicyclic) bond motifs is 1. The van der Waals surface area contributed by atoms with Crippen molar-refractivity contribution in [3.05, 3.63) is 53.5 Å². The van der Waals surface area contributed by atoms with Gasteiger partial charge in [-0.3, -0.25) is 9.59 Å². The molecule has 31 heavy (non-hydrogen) atoms. The van der Waals surface area contributed by atoms with Gasteiger partial charge in [0.15, 0.2) is 5.76 Å². The van der Waals surface area contributed by atoms with Crippen molar-refractivity contribution in [1.29, 1.82) is 0 Å². The number of benzene rings is 1. The number of aryl methyl sites for hydroxylation is 1. The van der Waals surface area contributed by atoms with Crippen LogP contribution in [0.3, 0.4) is 0 Å². The van der Waals surface area contributed by atoms with Crippen molar-refractivity contribution in [3.63, 3.8) is 0 Å². The Morgan fingerprint density at radius 3 is 2.48 bits per heavy atom. The van der Waals surface area contributed by atoms with Gasteiger partial charge in [0, 0.05) is 56.9 Å². The van der Waals surface area contributed by atoms with Crippen molar-refractivity contribution in [3.8, 4) is 5.75 Å². The minimum Gasteiger partial charge on any atom is -0.487 e. The van der Waals surface area contributed by atoms with Crippen molar-refractivity contribution >= 4 is 11.8 Å². The molecular formula is C25H32N2O4. The minimum atomic E-state index is -0.336. The van der Waals surface area contributed by atoms with Gasteiger partial charge in [0.05, 0.1) is 6.26 Å². The maximum atomic E-state index is 12.9. The average molecular weight is 425 g/mol. The first-order chi connectivity index (χ1) is 15.0. The van der Waals surface area contributed by atoms with Crippen LogP contribution in [0.2, 0.25) is 0 Å². The maximum absolute atomic E-state index is 12.9. The van der Waals surface area contributed by atoms with Crippen LogP contribution < -0.4 is 4.74 Å². The third kappa shape index (κ3) is 4.21. The fourth-order valence-corrected chi connectivity index (χ4v) is 5.00. The number of furan rings is 1. The summed E-state index contributed by atoms with van der Waals surface area (Å²) >= 11 is 0. The third-order valence-electron chi connectivity index (χ3n) is 6.86. The summed E-state index contributed by atoms with van der Waals surface area (Å²) in [4.78, 5) is 29.5. The fraction of sp³-hybridized carbons (Fsp3) is 0.520. The first-order valence-electron chi connectivity index (χ1n) is 11.4. The van der Waals surface area contributed by atoms with Crippen LogP contribution in [0.25, 0.3) is 0 Å². The summed E-state index contributed by atoms with van der Waals surface area (Å²) < 4.78 is 11.9. The number of likely N-dealkylation sites (tertiary alicyclic amines) is 1. The molecule has 0 bridgehead atoms. The van der Waals surface area contributed by atoms with E-state index in [0.717, 1.165) is 49.2 Å². The lowest BCUT2D eigenvalue weighted by Gasteiger charge is -2.47. The van der Waals surface area contributed by atoms with Gasteiger partial charge in [0.1, 0.15) is 11.4 Å². The van der Waals surface area contributed by atoms with Crippen LogP contribution in [0, 0.1) is 6.92 Å². The van der Waals surface area contributed by atoms with Gasteiger partial charge in [-0.25, -0.2) is 0 Å². The van der Waals surface area contributed by atoms with Gasteiger partial charge >= 0.3 is 0 Å².